The zero-order chi connectivity index (χ0) is 19.4. The first-order chi connectivity index (χ1) is 12.9. The molecule has 0 fully saturated rings. The second kappa shape index (κ2) is 7.91. The van der Waals surface area contributed by atoms with Crippen molar-refractivity contribution in [2.24, 2.45) is 5.14 Å². The summed E-state index contributed by atoms with van der Waals surface area (Å²) in [5.74, 6) is -0.375. The van der Waals surface area contributed by atoms with Crippen molar-refractivity contribution in [1.29, 1.82) is 0 Å². The largest absolute Gasteiger partial charge is 0.462 e. The Kier molecular flexibility index (Phi) is 5.59. The number of hydrogen-bond acceptors (Lipinski definition) is 6. The summed E-state index contributed by atoms with van der Waals surface area (Å²) in [4.78, 5) is 13.1. The Balaban J connectivity index is 2.21. The van der Waals surface area contributed by atoms with Crippen LogP contribution in [0.2, 0.25) is 0 Å². The van der Waals surface area contributed by atoms with Crippen LogP contribution < -0.4 is 9.32 Å². The molecule has 0 atom stereocenters. The number of esters is 1. The minimum atomic E-state index is -4.20. The van der Waals surface area contributed by atoms with E-state index in [0.29, 0.717) is 16.7 Å². The van der Waals surface area contributed by atoms with Gasteiger partial charge < -0.3 is 8.92 Å². The molecule has 27 heavy (non-hydrogen) atoms. The van der Waals surface area contributed by atoms with Gasteiger partial charge in [-0.2, -0.15) is 13.6 Å². The second-order valence-electron chi connectivity index (χ2n) is 5.53. The molecule has 3 rings (SSSR count). The third-order valence-corrected chi connectivity index (χ3v) is 5.02. The van der Waals surface area contributed by atoms with E-state index in [1.165, 1.54) is 17.4 Å². The topological polar surface area (TPSA) is 95.7 Å². The van der Waals surface area contributed by atoms with E-state index in [1.54, 1.807) is 43.3 Å². The number of para-hydroxylation sites is 1. The Morgan fingerprint density at radius 1 is 1.04 bits per heavy atom. The van der Waals surface area contributed by atoms with E-state index in [-0.39, 0.29) is 12.4 Å². The normalized spacial score (nSPS) is 11.2. The van der Waals surface area contributed by atoms with Crippen LogP contribution in [-0.4, -0.2) is 21.0 Å². The molecule has 6 nitrogen and oxygen atoms in total. The van der Waals surface area contributed by atoms with Crippen LogP contribution in [0.4, 0.5) is 0 Å². The van der Waals surface area contributed by atoms with E-state index in [0.717, 1.165) is 10.4 Å². The highest BCUT2D eigenvalue weighted by Crippen LogP contribution is 2.39. The Morgan fingerprint density at radius 2 is 1.81 bits per heavy atom. The zero-order valence-corrected chi connectivity index (χ0v) is 16.0. The quantitative estimate of drug-likeness (QED) is 0.631. The van der Waals surface area contributed by atoms with Crippen molar-refractivity contribution in [2.75, 3.05) is 6.61 Å². The smallest absolute Gasteiger partial charge is 0.380 e. The van der Waals surface area contributed by atoms with Gasteiger partial charge in [0.1, 0.15) is 0 Å². The fourth-order valence-corrected chi connectivity index (χ4v) is 3.80. The molecule has 0 spiro atoms. The van der Waals surface area contributed by atoms with E-state index >= 15 is 0 Å². The summed E-state index contributed by atoms with van der Waals surface area (Å²) in [6.07, 6.45) is 0. The zero-order valence-electron chi connectivity index (χ0n) is 14.4. The number of carbonyl (C=O) groups excluding carboxylic acids is 1. The summed E-state index contributed by atoms with van der Waals surface area (Å²) in [6, 6.07) is 15.6. The summed E-state index contributed by atoms with van der Waals surface area (Å²) in [5, 5.41) is 6.98. The van der Waals surface area contributed by atoms with Gasteiger partial charge in [0, 0.05) is 10.4 Å². The highest BCUT2D eigenvalue weighted by Gasteiger charge is 2.18. The van der Waals surface area contributed by atoms with E-state index in [4.69, 9.17) is 14.1 Å². The number of benzene rings is 2. The molecule has 2 aromatic carbocycles. The lowest BCUT2D eigenvalue weighted by Gasteiger charge is -2.14. The molecule has 0 amide bonds. The Morgan fingerprint density at radius 3 is 2.48 bits per heavy atom. The van der Waals surface area contributed by atoms with Crippen LogP contribution >= 0.6 is 11.3 Å². The van der Waals surface area contributed by atoms with E-state index < -0.39 is 16.3 Å². The minimum absolute atomic E-state index is 0.0822. The molecule has 3 aromatic rings. The molecule has 0 unspecified atom stereocenters. The average molecular weight is 403 g/mol. The second-order valence-corrected chi connectivity index (χ2v) is 7.63. The molecule has 1 aromatic heterocycles. The van der Waals surface area contributed by atoms with Crippen LogP contribution in [0.5, 0.6) is 5.75 Å². The molecule has 0 aliphatic rings. The van der Waals surface area contributed by atoms with Gasteiger partial charge in [0.2, 0.25) is 0 Å². The van der Waals surface area contributed by atoms with Crippen LogP contribution in [0.15, 0.2) is 60.0 Å². The number of carbonyl (C=O) groups is 1. The van der Waals surface area contributed by atoms with Gasteiger partial charge in [-0.1, -0.05) is 30.3 Å². The lowest BCUT2D eigenvalue weighted by molar-refractivity contribution is 0.0526. The van der Waals surface area contributed by atoms with Crippen molar-refractivity contribution < 1.29 is 22.1 Å². The molecule has 0 aliphatic heterocycles. The molecule has 0 saturated carbocycles. The number of ether oxygens (including phenoxy) is 1. The fourth-order valence-electron chi connectivity index (χ4n) is 2.64. The summed E-state index contributed by atoms with van der Waals surface area (Å²) >= 11 is 1.53. The fraction of sp³-hybridized carbons (Fsp3) is 0.105. The summed E-state index contributed by atoms with van der Waals surface area (Å²) < 4.78 is 32.9. The van der Waals surface area contributed by atoms with Crippen LogP contribution in [-0.2, 0) is 15.0 Å². The lowest BCUT2D eigenvalue weighted by Crippen LogP contribution is -2.19. The Labute approximate surface area is 161 Å². The molecule has 1 heterocycles. The summed E-state index contributed by atoms with van der Waals surface area (Å²) in [5.41, 5.74) is 2.34. The molecule has 0 aliphatic carbocycles. The maximum Gasteiger partial charge on any atom is 0.380 e. The van der Waals surface area contributed by atoms with Gasteiger partial charge in [0.15, 0.2) is 5.75 Å². The molecule has 0 bridgehead atoms. The maximum atomic E-state index is 12.2. The van der Waals surface area contributed by atoms with Gasteiger partial charge >= 0.3 is 16.3 Å². The first-order valence-electron chi connectivity index (χ1n) is 8.05. The third kappa shape index (κ3) is 4.54. The first-order valence-corrected chi connectivity index (χ1v) is 10.4. The number of nitrogens with two attached hydrogens (primary N) is 1. The first kappa shape index (κ1) is 19.1. The van der Waals surface area contributed by atoms with Gasteiger partial charge in [0.05, 0.1) is 12.2 Å². The number of rotatable bonds is 6. The monoisotopic (exact) mass is 403 g/mol. The Bertz CT molecular complexity index is 1060. The molecular weight excluding hydrogens is 386 g/mol. The van der Waals surface area contributed by atoms with Gasteiger partial charge in [-0.05, 0) is 47.7 Å². The van der Waals surface area contributed by atoms with E-state index in [1.807, 2.05) is 17.5 Å². The van der Waals surface area contributed by atoms with Crippen LogP contribution in [0.3, 0.4) is 0 Å². The van der Waals surface area contributed by atoms with Crippen molar-refractivity contribution in [3.05, 3.63) is 65.5 Å². The molecule has 2 N–H and O–H groups in total. The number of thiophene rings is 1. The van der Waals surface area contributed by atoms with Crippen LogP contribution in [0, 0.1) is 0 Å². The number of hydrogen-bond donors (Lipinski definition) is 1. The highest BCUT2D eigenvalue weighted by atomic mass is 32.2. The van der Waals surface area contributed by atoms with Crippen LogP contribution in [0.1, 0.15) is 17.3 Å². The summed E-state index contributed by atoms with van der Waals surface area (Å²) in [6.45, 7) is 1.99. The minimum Gasteiger partial charge on any atom is -0.462 e. The van der Waals surface area contributed by atoms with Crippen molar-refractivity contribution in [1.82, 2.24) is 0 Å². The van der Waals surface area contributed by atoms with Gasteiger partial charge in [-0.3, -0.25) is 0 Å². The predicted molar refractivity (Wildman–Crippen MR) is 105 cm³/mol. The third-order valence-electron chi connectivity index (χ3n) is 3.70. The Hall–Kier alpha value is -2.68. The highest BCUT2D eigenvalue weighted by molar-refractivity contribution is 7.84. The van der Waals surface area contributed by atoms with Gasteiger partial charge in [-0.15, -0.1) is 11.3 Å². The SMILES string of the molecule is CCOC(=O)c1ccc(-c2cccs2)c(-c2ccccc2OS(N)(=O)=O)c1. The van der Waals surface area contributed by atoms with Crippen molar-refractivity contribution in [3.63, 3.8) is 0 Å². The maximum absolute atomic E-state index is 12.2. The summed E-state index contributed by atoms with van der Waals surface area (Å²) in [7, 11) is -4.20. The molecule has 8 heteroatoms. The molecular formula is C19H17NO5S2. The van der Waals surface area contributed by atoms with Crippen LogP contribution in [0.25, 0.3) is 21.6 Å². The van der Waals surface area contributed by atoms with Crippen molar-refractivity contribution >= 4 is 27.6 Å². The lowest BCUT2D eigenvalue weighted by atomic mass is 9.95. The molecule has 140 valence electrons. The molecule has 0 saturated heterocycles. The van der Waals surface area contributed by atoms with Crippen molar-refractivity contribution in [2.45, 2.75) is 6.92 Å². The van der Waals surface area contributed by atoms with E-state index in [2.05, 4.69) is 0 Å². The molecule has 0 radical (unpaired) electrons. The standard InChI is InChI=1S/C19H17NO5S2/c1-2-24-19(21)13-9-10-15(18-8-5-11-26-18)16(12-13)14-6-3-4-7-17(14)25-27(20,22)23/h3-12H,2H2,1H3,(H2,20,22,23). The van der Waals surface area contributed by atoms with Gasteiger partial charge in [0.25, 0.3) is 0 Å². The van der Waals surface area contributed by atoms with E-state index in [9.17, 15) is 13.2 Å². The van der Waals surface area contributed by atoms with Crippen molar-refractivity contribution in [3.8, 4) is 27.3 Å². The average Bonchev–Trinajstić information content (AvgIpc) is 3.15. The van der Waals surface area contributed by atoms with Gasteiger partial charge in [-0.25, -0.2) is 4.79 Å². The predicted octanol–water partition coefficient (Wildman–Crippen LogP) is 3.84.